The van der Waals surface area contributed by atoms with Crippen LogP contribution in [-0.4, -0.2) is 30.2 Å². The van der Waals surface area contributed by atoms with Gasteiger partial charge < -0.3 is 13.9 Å². The Hall–Kier alpha value is -3.86. The van der Waals surface area contributed by atoms with E-state index < -0.39 is 0 Å². The number of hydrogen-bond acceptors (Lipinski definition) is 4. The quantitative estimate of drug-likeness (QED) is 0.426. The molecule has 0 radical (unpaired) electrons. The number of fused-ring (bicyclic) bond motifs is 1. The standard InChI is InChI=1S/C25H21NO4/c1-16(27)19-12-13-26-23(14-19)22(17-4-8-20(29-2)9-5-17)15-24(26)25(28)18-6-10-21(30-3)11-7-18/h4-15H,1-3H3. The van der Waals surface area contributed by atoms with Gasteiger partial charge in [-0.1, -0.05) is 12.1 Å². The molecule has 2 aromatic carbocycles. The highest BCUT2D eigenvalue weighted by molar-refractivity contribution is 6.10. The highest BCUT2D eigenvalue weighted by Crippen LogP contribution is 2.31. The largest absolute Gasteiger partial charge is 0.497 e. The summed E-state index contributed by atoms with van der Waals surface area (Å²) in [5.74, 6) is 1.31. The van der Waals surface area contributed by atoms with Crippen LogP contribution in [0.25, 0.3) is 16.6 Å². The lowest BCUT2D eigenvalue weighted by atomic mass is 10.0. The van der Waals surface area contributed by atoms with Crippen molar-refractivity contribution in [2.24, 2.45) is 0 Å². The first-order valence-electron chi connectivity index (χ1n) is 9.51. The number of benzene rings is 2. The fraction of sp³-hybridized carbons (Fsp3) is 0.120. The van der Waals surface area contributed by atoms with Crippen LogP contribution in [0.4, 0.5) is 0 Å². The van der Waals surface area contributed by atoms with Crippen LogP contribution >= 0.6 is 0 Å². The van der Waals surface area contributed by atoms with Gasteiger partial charge in [-0.3, -0.25) is 9.59 Å². The second-order valence-electron chi connectivity index (χ2n) is 6.96. The first-order chi connectivity index (χ1) is 14.5. The maximum absolute atomic E-state index is 13.3. The van der Waals surface area contributed by atoms with Crippen molar-refractivity contribution in [1.29, 1.82) is 0 Å². The predicted molar refractivity (Wildman–Crippen MR) is 116 cm³/mol. The van der Waals surface area contributed by atoms with Crippen LogP contribution in [0.2, 0.25) is 0 Å². The first kappa shape index (κ1) is 19.5. The first-order valence-corrected chi connectivity index (χ1v) is 9.51. The van der Waals surface area contributed by atoms with Crippen LogP contribution in [-0.2, 0) is 0 Å². The van der Waals surface area contributed by atoms with Crippen LogP contribution in [0.15, 0.2) is 72.9 Å². The third kappa shape index (κ3) is 3.46. The molecule has 0 fully saturated rings. The van der Waals surface area contributed by atoms with Crippen LogP contribution in [0, 0.1) is 0 Å². The molecule has 4 aromatic rings. The summed E-state index contributed by atoms with van der Waals surface area (Å²) >= 11 is 0. The molecule has 0 unspecified atom stereocenters. The Morgan fingerprint density at radius 1 is 0.767 bits per heavy atom. The molecule has 5 nitrogen and oxygen atoms in total. The number of hydrogen-bond donors (Lipinski definition) is 0. The number of carbonyl (C=O) groups is 2. The van der Waals surface area contributed by atoms with Crippen molar-refractivity contribution < 1.29 is 19.1 Å². The maximum Gasteiger partial charge on any atom is 0.209 e. The molecule has 0 spiro atoms. The van der Waals surface area contributed by atoms with Crippen LogP contribution < -0.4 is 9.47 Å². The van der Waals surface area contributed by atoms with Crippen molar-refractivity contribution in [2.45, 2.75) is 6.92 Å². The Kier molecular flexibility index (Phi) is 5.11. The summed E-state index contributed by atoms with van der Waals surface area (Å²) in [5.41, 5.74) is 4.28. The van der Waals surface area contributed by atoms with Gasteiger partial charge in [-0.05, 0) is 67.1 Å². The zero-order chi connectivity index (χ0) is 21.3. The number of methoxy groups -OCH3 is 2. The van der Waals surface area contributed by atoms with Gasteiger partial charge in [0.15, 0.2) is 5.78 Å². The van der Waals surface area contributed by atoms with E-state index in [1.54, 1.807) is 50.7 Å². The fourth-order valence-corrected chi connectivity index (χ4v) is 3.48. The second-order valence-corrected chi connectivity index (χ2v) is 6.96. The van der Waals surface area contributed by atoms with E-state index in [-0.39, 0.29) is 11.6 Å². The number of nitrogens with zero attached hydrogens (tertiary/aromatic N) is 1. The summed E-state index contributed by atoms with van der Waals surface area (Å²) in [7, 11) is 3.21. The van der Waals surface area contributed by atoms with Gasteiger partial charge in [0.25, 0.3) is 0 Å². The molecule has 0 aliphatic heterocycles. The smallest absolute Gasteiger partial charge is 0.209 e. The number of carbonyl (C=O) groups excluding carboxylic acids is 2. The van der Waals surface area contributed by atoms with Crippen molar-refractivity contribution in [2.75, 3.05) is 14.2 Å². The molecule has 30 heavy (non-hydrogen) atoms. The number of ether oxygens (including phenoxy) is 2. The number of pyridine rings is 1. The van der Waals surface area contributed by atoms with E-state index in [0.717, 1.165) is 22.4 Å². The highest BCUT2D eigenvalue weighted by Gasteiger charge is 2.19. The lowest BCUT2D eigenvalue weighted by Gasteiger charge is -2.06. The van der Waals surface area contributed by atoms with Crippen LogP contribution in [0.1, 0.15) is 33.3 Å². The predicted octanol–water partition coefficient (Wildman–Crippen LogP) is 5.06. The van der Waals surface area contributed by atoms with Crippen LogP contribution in [0.5, 0.6) is 11.5 Å². The second kappa shape index (κ2) is 7.87. The van der Waals surface area contributed by atoms with E-state index in [9.17, 15) is 9.59 Å². The van der Waals surface area contributed by atoms with Crippen molar-refractivity contribution in [3.63, 3.8) is 0 Å². The van der Waals surface area contributed by atoms with E-state index in [0.29, 0.717) is 22.6 Å². The average Bonchev–Trinajstić information content (AvgIpc) is 3.17. The van der Waals surface area contributed by atoms with Crippen molar-refractivity contribution in [3.05, 3.63) is 89.7 Å². The molecule has 0 saturated carbocycles. The molecule has 2 aromatic heterocycles. The van der Waals surface area contributed by atoms with E-state index in [2.05, 4.69) is 0 Å². The SMILES string of the molecule is COc1ccc(C(=O)c2cc(-c3ccc(OC)cc3)c3cc(C(C)=O)ccn23)cc1. The van der Waals surface area contributed by atoms with Gasteiger partial charge in [-0.15, -0.1) is 0 Å². The van der Waals surface area contributed by atoms with E-state index in [1.807, 2.05) is 40.8 Å². The Labute approximate surface area is 174 Å². The van der Waals surface area contributed by atoms with E-state index in [4.69, 9.17) is 9.47 Å². The number of rotatable bonds is 6. The average molecular weight is 399 g/mol. The Morgan fingerprint density at radius 3 is 1.93 bits per heavy atom. The van der Waals surface area contributed by atoms with Crippen molar-refractivity contribution >= 4 is 17.1 Å². The zero-order valence-corrected chi connectivity index (χ0v) is 17.0. The van der Waals surface area contributed by atoms with Gasteiger partial charge in [-0.25, -0.2) is 0 Å². The Balaban J connectivity index is 1.88. The Morgan fingerprint density at radius 2 is 1.37 bits per heavy atom. The molecular formula is C25H21NO4. The third-order valence-corrected chi connectivity index (χ3v) is 5.16. The Bertz CT molecular complexity index is 1230. The summed E-state index contributed by atoms with van der Waals surface area (Å²) in [6.07, 6.45) is 1.77. The lowest BCUT2D eigenvalue weighted by molar-refractivity contribution is 0.101. The third-order valence-electron chi connectivity index (χ3n) is 5.16. The van der Waals surface area contributed by atoms with Gasteiger partial charge >= 0.3 is 0 Å². The minimum atomic E-state index is -0.108. The normalized spacial score (nSPS) is 10.8. The van der Waals surface area contributed by atoms with Gasteiger partial charge in [0, 0.05) is 22.9 Å². The summed E-state index contributed by atoms with van der Waals surface area (Å²) in [6.45, 7) is 1.53. The molecule has 5 heteroatoms. The number of Topliss-reactive ketones (excluding diaryl/α,β-unsaturated/α-hetero) is 1. The van der Waals surface area contributed by atoms with E-state index >= 15 is 0 Å². The molecule has 150 valence electrons. The van der Waals surface area contributed by atoms with Gasteiger partial charge in [0.1, 0.15) is 11.5 Å². The zero-order valence-electron chi connectivity index (χ0n) is 17.0. The molecule has 0 atom stereocenters. The molecule has 4 rings (SSSR count). The molecular weight excluding hydrogens is 378 g/mol. The van der Waals surface area contributed by atoms with Gasteiger partial charge in [-0.2, -0.15) is 0 Å². The van der Waals surface area contributed by atoms with Gasteiger partial charge in [0.05, 0.1) is 25.4 Å². The monoisotopic (exact) mass is 399 g/mol. The molecule has 2 heterocycles. The highest BCUT2D eigenvalue weighted by atomic mass is 16.5. The topological polar surface area (TPSA) is 57.0 Å². The molecule has 0 aliphatic carbocycles. The lowest BCUT2D eigenvalue weighted by Crippen LogP contribution is -2.05. The molecule has 0 bridgehead atoms. The van der Waals surface area contributed by atoms with Crippen LogP contribution in [0.3, 0.4) is 0 Å². The van der Waals surface area contributed by atoms with E-state index in [1.165, 1.54) is 6.92 Å². The molecule has 0 saturated heterocycles. The molecule has 0 N–H and O–H groups in total. The fourth-order valence-electron chi connectivity index (χ4n) is 3.48. The number of aromatic nitrogens is 1. The minimum absolute atomic E-state index is 0.0255. The van der Waals surface area contributed by atoms with Gasteiger partial charge in [0.2, 0.25) is 5.78 Å². The molecule has 0 aliphatic rings. The summed E-state index contributed by atoms with van der Waals surface area (Å²) < 4.78 is 12.3. The summed E-state index contributed by atoms with van der Waals surface area (Å²) in [5, 5.41) is 0. The van der Waals surface area contributed by atoms with Crippen molar-refractivity contribution in [3.8, 4) is 22.6 Å². The molecule has 0 amide bonds. The summed E-state index contributed by atoms with van der Waals surface area (Å²) in [6, 6.07) is 20.1. The number of ketones is 2. The minimum Gasteiger partial charge on any atom is -0.497 e. The summed E-state index contributed by atoms with van der Waals surface area (Å²) in [4.78, 5) is 25.2. The van der Waals surface area contributed by atoms with Crippen molar-refractivity contribution in [1.82, 2.24) is 4.40 Å². The maximum atomic E-state index is 13.3.